The Bertz CT molecular complexity index is 736. The molecule has 114 valence electrons. The molecular weight excluding hydrogens is 296 g/mol. The number of benzene rings is 1. The highest BCUT2D eigenvalue weighted by Gasteiger charge is 2.12. The number of ether oxygens (including phenoxy) is 1. The minimum atomic E-state index is 0.406. The van der Waals surface area contributed by atoms with Crippen LogP contribution in [0.25, 0.3) is 10.6 Å². The second-order valence-electron chi connectivity index (χ2n) is 4.94. The molecule has 0 fully saturated rings. The fourth-order valence-corrected chi connectivity index (χ4v) is 2.98. The van der Waals surface area contributed by atoms with E-state index in [1.54, 1.807) is 17.5 Å². The molecule has 0 amide bonds. The molecule has 0 bridgehead atoms. The summed E-state index contributed by atoms with van der Waals surface area (Å²) in [5, 5.41) is 11.3. The van der Waals surface area contributed by atoms with E-state index >= 15 is 0 Å². The average molecular weight is 314 g/mol. The van der Waals surface area contributed by atoms with Gasteiger partial charge in [0.2, 0.25) is 0 Å². The third-order valence-electron chi connectivity index (χ3n) is 3.37. The molecule has 0 atom stereocenters. The third-order valence-corrected chi connectivity index (χ3v) is 4.17. The summed E-state index contributed by atoms with van der Waals surface area (Å²) in [7, 11) is 0. The fourth-order valence-electron chi connectivity index (χ4n) is 2.31. The molecule has 0 spiro atoms. The highest BCUT2D eigenvalue weighted by atomic mass is 32.1. The van der Waals surface area contributed by atoms with Crippen molar-refractivity contribution in [3.05, 3.63) is 47.5 Å². The lowest BCUT2D eigenvalue weighted by molar-refractivity contribution is 0.289. The molecule has 22 heavy (non-hydrogen) atoms. The van der Waals surface area contributed by atoms with E-state index in [9.17, 15) is 0 Å². The summed E-state index contributed by atoms with van der Waals surface area (Å²) in [5.74, 6) is 2.60. The van der Waals surface area contributed by atoms with Crippen molar-refractivity contribution < 1.29 is 4.74 Å². The van der Waals surface area contributed by atoms with E-state index in [1.807, 2.05) is 36.6 Å². The van der Waals surface area contributed by atoms with Crippen molar-refractivity contribution in [2.24, 2.45) is 0 Å². The molecule has 6 heteroatoms. The largest absolute Gasteiger partial charge is 0.485 e. The Balaban J connectivity index is 1.80. The first-order valence-corrected chi connectivity index (χ1v) is 8.18. The smallest absolute Gasteiger partial charge is 0.171 e. The van der Waals surface area contributed by atoms with Crippen molar-refractivity contribution in [3.8, 4) is 16.3 Å². The van der Waals surface area contributed by atoms with Crippen LogP contribution in [0.1, 0.15) is 25.0 Å². The molecule has 0 saturated carbocycles. The van der Waals surface area contributed by atoms with Crippen molar-refractivity contribution in [1.29, 1.82) is 0 Å². The predicted octanol–water partition coefficient (Wildman–Crippen LogP) is 3.70. The number of para-hydroxylation sites is 1. The van der Waals surface area contributed by atoms with Gasteiger partial charge in [-0.3, -0.25) is 0 Å². The van der Waals surface area contributed by atoms with Gasteiger partial charge in [0, 0.05) is 18.1 Å². The van der Waals surface area contributed by atoms with Crippen LogP contribution in [0.15, 0.2) is 35.8 Å². The highest BCUT2D eigenvalue weighted by molar-refractivity contribution is 7.13. The Kier molecular flexibility index (Phi) is 4.48. The summed E-state index contributed by atoms with van der Waals surface area (Å²) in [6, 6.07) is 7.95. The number of hydrogen-bond donors (Lipinski definition) is 0. The van der Waals surface area contributed by atoms with Crippen LogP contribution in [-0.2, 0) is 13.2 Å². The van der Waals surface area contributed by atoms with Crippen LogP contribution in [0.5, 0.6) is 5.75 Å². The summed E-state index contributed by atoms with van der Waals surface area (Å²) < 4.78 is 8.09. The van der Waals surface area contributed by atoms with Gasteiger partial charge in [0.05, 0.1) is 5.56 Å². The van der Waals surface area contributed by atoms with Gasteiger partial charge >= 0.3 is 0 Å². The molecule has 0 aliphatic heterocycles. The third kappa shape index (κ3) is 3.01. The Morgan fingerprint density at radius 2 is 2.09 bits per heavy atom. The molecule has 1 aromatic carbocycles. The van der Waals surface area contributed by atoms with Crippen LogP contribution in [0, 0.1) is 6.92 Å². The van der Waals surface area contributed by atoms with Gasteiger partial charge in [-0.15, -0.1) is 21.5 Å². The Hall–Kier alpha value is -2.21. The Morgan fingerprint density at radius 1 is 1.23 bits per heavy atom. The van der Waals surface area contributed by atoms with Crippen LogP contribution in [-0.4, -0.2) is 19.7 Å². The lowest BCUT2D eigenvalue weighted by Crippen LogP contribution is -2.08. The van der Waals surface area contributed by atoms with Gasteiger partial charge in [-0.1, -0.05) is 19.1 Å². The van der Waals surface area contributed by atoms with Crippen LogP contribution < -0.4 is 4.74 Å². The van der Waals surface area contributed by atoms with E-state index in [2.05, 4.69) is 26.7 Å². The van der Waals surface area contributed by atoms with Gasteiger partial charge in [0.1, 0.15) is 23.2 Å². The Morgan fingerprint density at radius 3 is 2.86 bits per heavy atom. The van der Waals surface area contributed by atoms with E-state index in [-0.39, 0.29) is 0 Å². The van der Waals surface area contributed by atoms with E-state index in [0.29, 0.717) is 6.61 Å². The Labute approximate surface area is 133 Å². The molecular formula is C16H18N4OS. The molecule has 0 saturated heterocycles. The van der Waals surface area contributed by atoms with Crippen LogP contribution >= 0.6 is 11.3 Å². The molecule has 0 radical (unpaired) electrons. The second kappa shape index (κ2) is 6.70. The molecule has 0 aliphatic carbocycles. The average Bonchev–Trinajstić information content (AvgIpc) is 3.18. The van der Waals surface area contributed by atoms with Crippen molar-refractivity contribution >= 4 is 11.3 Å². The van der Waals surface area contributed by atoms with Crippen molar-refractivity contribution in [2.75, 3.05) is 0 Å². The summed E-state index contributed by atoms with van der Waals surface area (Å²) in [6.45, 7) is 5.42. The van der Waals surface area contributed by atoms with Crippen molar-refractivity contribution in [1.82, 2.24) is 19.7 Å². The van der Waals surface area contributed by atoms with Gasteiger partial charge < -0.3 is 9.30 Å². The first-order valence-electron chi connectivity index (χ1n) is 7.30. The van der Waals surface area contributed by atoms with E-state index in [0.717, 1.165) is 40.9 Å². The summed E-state index contributed by atoms with van der Waals surface area (Å²) in [4.78, 5) is 4.36. The topological polar surface area (TPSA) is 52.8 Å². The van der Waals surface area contributed by atoms with Crippen LogP contribution in [0.4, 0.5) is 0 Å². The standard InChI is InChI=1S/C16H18N4OS/c1-3-9-20-12(2)18-19-15(20)11-21-14-7-5-4-6-13(14)16-17-8-10-22-16/h4-8,10H,3,9,11H2,1-2H3. The second-order valence-corrected chi connectivity index (χ2v) is 5.83. The van der Waals surface area contributed by atoms with E-state index < -0.39 is 0 Å². The number of aromatic nitrogens is 4. The zero-order chi connectivity index (χ0) is 15.4. The molecule has 5 nitrogen and oxygen atoms in total. The van der Waals surface area contributed by atoms with Gasteiger partial charge in [0.15, 0.2) is 5.82 Å². The predicted molar refractivity (Wildman–Crippen MR) is 86.9 cm³/mol. The maximum Gasteiger partial charge on any atom is 0.171 e. The fraction of sp³-hybridized carbons (Fsp3) is 0.312. The minimum absolute atomic E-state index is 0.406. The van der Waals surface area contributed by atoms with Gasteiger partial charge in [-0.2, -0.15) is 0 Å². The number of hydrogen-bond acceptors (Lipinski definition) is 5. The molecule has 2 heterocycles. The molecule has 0 aliphatic rings. The van der Waals surface area contributed by atoms with Crippen molar-refractivity contribution in [3.63, 3.8) is 0 Å². The molecule has 3 aromatic rings. The zero-order valence-corrected chi connectivity index (χ0v) is 13.5. The van der Waals surface area contributed by atoms with Gasteiger partial charge in [-0.05, 0) is 25.5 Å². The maximum absolute atomic E-state index is 5.99. The maximum atomic E-state index is 5.99. The number of nitrogens with zero attached hydrogens (tertiary/aromatic N) is 4. The SMILES string of the molecule is CCCn1c(C)nnc1COc1ccccc1-c1nccs1. The molecule has 3 rings (SSSR count). The monoisotopic (exact) mass is 314 g/mol. The van der Waals surface area contributed by atoms with Crippen LogP contribution in [0.3, 0.4) is 0 Å². The first-order chi connectivity index (χ1) is 10.8. The summed E-state index contributed by atoms with van der Waals surface area (Å²) >= 11 is 1.60. The highest BCUT2D eigenvalue weighted by Crippen LogP contribution is 2.31. The molecule has 0 N–H and O–H groups in total. The van der Waals surface area contributed by atoms with Crippen LogP contribution in [0.2, 0.25) is 0 Å². The quantitative estimate of drug-likeness (QED) is 0.696. The number of thiazole rings is 1. The van der Waals surface area contributed by atoms with Gasteiger partial charge in [-0.25, -0.2) is 4.98 Å². The number of rotatable bonds is 6. The normalized spacial score (nSPS) is 10.8. The van der Waals surface area contributed by atoms with Crippen molar-refractivity contribution in [2.45, 2.75) is 33.4 Å². The van der Waals surface area contributed by atoms with E-state index in [1.165, 1.54) is 0 Å². The van der Waals surface area contributed by atoms with Gasteiger partial charge in [0.25, 0.3) is 0 Å². The van der Waals surface area contributed by atoms with E-state index in [4.69, 9.17) is 4.74 Å². The lowest BCUT2D eigenvalue weighted by Gasteiger charge is -2.11. The summed E-state index contributed by atoms with van der Waals surface area (Å²) in [5.41, 5.74) is 1.01. The summed E-state index contributed by atoms with van der Waals surface area (Å²) in [6.07, 6.45) is 2.85. The number of aryl methyl sites for hydroxylation is 1. The first kappa shape index (κ1) is 14.7. The minimum Gasteiger partial charge on any atom is -0.485 e. The molecule has 0 unspecified atom stereocenters. The lowest BCUT2D eigenvalue weighted by atomic mass is 10.2. The zero-order valence-electron chi connectivity index (χ0n) is 12.7. The molecule has 2 aromatic heterocycles.